The Bertz CT molecular complexity index is 1210. The normalized spacial score (nSPS) is 12.1. The molecule has 1 aromatic carbocycles. The third-order valence-corrected chi connectivity index (χ3v) is 6.49. The van der Waals surface area contributed by atoms with Crippen LogP contribution in [0.4, 0.5) is 0 Å². The summed E-state index contributed by atoms with van der Waals surface area (Å²) in [6, 6.07) is 7.57. The Kier molecular flexibility index (Phi) is 6.67. The van der Waals surface area contributed by atoms with Gasteiger partial charge in [-0.2, -0.15) is 5.10 Å². The molecule has 0 spiro atoms. The van der Waals surface area contributed by atoms with E-state index in [-0.39, 0.29) is 5.75 Å². The molecule has 0 saturated heterocycles. The van der Waals surface area contributed by atoms with E-state index in [4.69, 9.17) is 11.6 Å². The van der Waals surface area contributed by atoms with Gasteiger partial charge in [0.25, 0.3) is 5.91 Å². The molecule has 0 fully saturated rings. The number of hydrogen-bond acceptors (Lipinski definition) is 4. The van der Waals surface area contributed by atoms with Crippen molar-refractivity contribution in [1.29, 1.82) is 0 Å². The number of amides is 1. The zero-order valence-electron chi connectivity index (χ0n) is 17.2. The Labute approximate surface area is 181 Å². The van der Waals surface area contributed by atoms with Crippen molar-refractivity contribution in [1.82, 2.24) is 19.1 Å². The first kappa shape index (κ1) is 22.1. The number of fused-ring (bicyclic) bond motifs is 1. The number of sulfonamides is 1. The van der Waals surface area contributed by atoms with Gasteiger partial charge in [-0.3, -0.25) is 9.48 Å². The van der Waals surface area contributed by atoms with Crippen molar-refractivity contribution in [3.8, 4) is 5.82 Å². The van der Waals surface area contributed by atoms with Gasteiger partial charge in [0.2, 0.25) is 10.0 Å². The summed E-state index contributed by atoms with van der Waals surface area (Å²) < 4.78 is 29.8. The Morgan fingerprint density at radius 2 is 2.03 bits per heavy atom. The van der Waals surface area contributed by atoms with Crippen LogP contribution in [-0.4, -0.2) is 34.4 Å². The van der Waals surface area contributed by atoms with Crippen LogP contribution in [0.3, 0.4) is 0 Å². The minimum atomic E-state index is -3.64. The van der Waals surface area contributed by atoms with Crippen molar-refractivity contribution in [2.45, 2.75) is 33.1 Å². The van der Waals surface area contributed by atoms with E-state index in [0.29, 0.717) is 22.7 Å². The molecule has 0 aliphatic rings. The van der Waals surface area contributed by atoms with Crippen LogP contribution < -0.4 is 4.72 Å². The number of nitrogens with zero attached hydrogens (tertiary/aromatic N) is 3. The molecule has 30 heavy (non-hydrogen) atoms. The second kappa shape index (κ2) is 9.06. The molecule has 0 aliphatic carbocycles. The predicted molar refractivity (Wildman–Crippen MR) is 120 cm³/mol. The summed E-state index contributed by atoms with van der Waals surface area (Å²) in [5, 5.41) is 6.01. The van der Waals surface area contributed by atoms with E-state index in [2.05, 4.69) is 9.82 Å². The zero-order valence-corrected chi connectivity index (χ0v) is 18.8. The predicted octanol–water partition coefficient (Wildman–Crippen LogP) is 3.98. The number of rotatable bonds is 8. The van der Waals surface area contributed by atoms with Gasteiger partial charge < -0.3 is 4.57 Å². The fraction of sp³-hybridized carbons (Fsp3) is 0.333. The molecule has 0 aliphatic heterocycles. The fourth-order valence-corrected chi connectivity index (χ4v) is 4.69. The van der Waals surface area contributed by atoms with Crippen LogP contribution in [0.2, 0.25) is 5.02 Å². The number of carbonyl (C=O) groups excluding carboxylic acids is 1. The van der Waals surface area contributed by atoms with Crippen molar-refractivity contribution in [2.75, 3.05) is 5.75 Å². The molecule has 3 rings (SSSR count). The number of aromatic nitrogens is 3. The van der Waals surface area contributed by atoms with Gasteiger partial charge in [-0.25, -0.2) is 13.1 Å². The molecular weight excluding hydrogens is 424 g/mol. The third kappa shape index (κ3) is 4.76. The van der Waals surface area contributed by atoms with Crippen LogP contribution in [0, 0.1) is 6.92 Å². The van der Waals surface area contributed by atoms with E-state index < -0.39 is 15.9 Å². The van der Waals surface area contributed by atoms with Gasteiger partial charge >= 0.3 is 0 Å². The van der Waals surface area contributed by atoms with Crippen LogP contribution in [0.25, 0.3) is 22.8 Å². The Morgan fingerprint density at radius 3 is 2.77 bits per heavy atom. The molecule has 0 bridgehead atoms. The average Bonchev–Trinajstić information content (AvgIpc) is 3.20. The summed E-state index contributed by atoms with van der Waals surface area (Å²) in [6.07, 6.45) is 6.94. The lowest BCUT2D eigenvalue weighted by atomic mass is 10.2. The average molecular weight is 449 g/mol. The van der Waals surface area contributed by atoms with Crippen molar-refractivity contribution >= 4 is 44.5 Å². The maximum Gasteiger partial charge on any atom is 0.257 e. The van der Waals surface area contributed by atoms with E-state index in [0.717, 1.165) is 29.6 Å². The van der Waals surface area contributed by atoms with Crippen LogP contribution in [0.5, 0.6) is 0 Å². The molecule has 160 valence electrons. The van der Waals surface area contributed by atoms with Crippen LogP contribution in [0.15, 0.2) is 36.5 Å². The van der Waals surface area contributed by atoms with Gasteiger partial charge in [0, 0.05) is 35.3 Å². The van der Waals surface area contributed by atoms with Crippen molar-refractivity contribution in [2.24, 2.45) is 7.05 Å². The maximum absolute atomic E-state index is 12.2. The van der Waals surface area contributed by atoms with Crippen LogP contribution in [-0.2, 0) is 21.9 Å². The summed E-state index contributed by atoms with van der Waals surface area (Å²) in [6.45, 7) is 3.82. The molecule has 0 radical (unpaired) electrons. The molecule has 1 amide bonds. The van der Waals surface area contributed by atoms with E-state index >= 15 is 0 Å². The topological polar surface area (TPSA) is 86.0 Å². The SMILES string of the molecule is CCCCCS(=O)(=O)NC(=O)/C=C/c1c(C)nn(C)c1-n1ccc2c(Cl)cccc21. The van der Waals surface area contributed by atoms with Gasteiger partial charge in [0.15, 0.2) is 0 Å². The summed E-state index contributed by atoms with van der Waals surface area (Å²) in [7, 11) is -1.83. The van der Waals surface area contributed by atoms with Crippen molar-refractivity contribution in [3.05, 3.63) is 52.8 Å². The van der Waals surface area contributed by atoms with E-state index in [1.54, 1.807) is 10.8 Å². The summed E-state index contributed by atoms with van der Waals surface area (Å²) >= 11 is 6.29. The molecule has 3 aromatic rings. The smallest absolute Gasteiger partial charge is 0.257 e. The maximum atomic E-state index is 12.2. The molecule has 0 saturated carbocycles. The first-order chi connectivity index (χ1) is 14.2. The third-order valence-electron chi connectivity index (χ3n) is 4.82. The molecule has 0 unspecified atom stereocenters. The number of nitrogens with one attached hydrogen (secondary N) is 1. The number of unbranched alkanes of at least 4 members (excludes halogenated alkanes) is 2. The molecule has 0 atom stereocenters. The molecule has 2 heterocycles. The van der Waals surface area contributed by atoms with Gasteiger partial charge in [-0.1, -0.05) is 37.4 Å². The van der Waals surface area contributed by atoms with Gasteiger partial charge in [-0.05, 0) is 37.6 Å². The summed E-state index contributed by atoms with van der Waals surface area (Å²) in [4.78, 5) is 12.2. The van der Waals surface area contributed by atoms with E-state index in [1.807, 2.05) is 55.9 Å². The Morgan fingerprint density at radius 1 is 1.27 bits per heavy atom. The van der Waals surface area contributed by atoms with E-state index in [9.17, 15) is 13.2 Å². The molecule has 1 N–H and O–H groups in total. The largest absolute Gasteiger partial charge is 0.301 e. The standard InChI is InChI=1S/C21H25ClN4O3S/c1-4-5-6-14-30(28,29)24-20(27)11-10-16-15(2)23-25(3)21(16)26-13-12-17-18(22)8-7-9-19(17)26/h7-13H,4-6,14H2,1-3H3,(H,24,27)/b11-10+. The number of benzene rings is 1. The minimum absolute atomic E-state index is 0.0618. The van der Waals surface area contributed by atoms with Crippen molar-refractivity contribution < 1.29 is 13.2 Å². The molecule has 9 heteroatoms. The lowest BCUT2D eigenvalue weighted by Gasteiger charge is -2.08. The highest BCUT2D eigenvalue weighted by Crippen LogP contribution is 2.29. The van der Waals surface area contributed by atoms with Gasteiger partial charge in [0.05, 0.1) is 17.0 Å². The minimum Gasteiger partial charge on any atom is -0.301 e. The van der Waals surface area contributed by atoms with Crippen molar-refractivity contribution in [3.63, 3.8) is 0 Å². The molecule has 2 aromatic heterocycles. The molecular formula is C21H25ClN4O3S. The first-order valence-electron chi connectivity index (χ1n) is 9.75. The number of halogens is 1. The highest BCUT2D eigenvalue weighted by Gasteiger charge is 2.17. The number of aryl methyl sites for hydroxylation is 2. The molecule has 7 nitrogen and oxygen atoms in total. The lowest BCUT2D eigenvalue weighted by molar-refractivity contribution is -0.114. The highest BCUT2D eigenvalue weighted by molar-refractivity contribution is 7.90. The number of carbonyl (C=O) groups is 1. The summed E-state index contributed by atoms with van der Waals surface area (Å²) in [5.41, 5.74) is 2.34. The van der Waals surface area contributed by atoms with E-state index in [1.165, 1.54) is 6.08 Å². The van der Waals surface area contributed by atoms with Crippen LogP contribution >= 0.6 is 11.6 Å². The first-order valence-corrected chi connectivity index (χ1v) is 11.8. The second-order valence-electron chi connectivity index (χ2n) is 7.13. The quantitative estimate of drug-likeness (QED) is 0.417. The van der Waals surface area contributed by atoms with Gasteiger partial charge in [0.1, 0.15) is 5.82 Å². The monoisotopic (exact) mass is 448 g/mol. The zero-order chi connectivity index (χ0) is 21.9. The second-order valence-corrected chi connectivity index (χ2v) is 9.38. The van der Waals surface area contributed by atoms with Gasteiger partial charge in [-0.15, -0.1) is 0 Å². The Hall–Kier alpha value is -2.58. The summed E-state index contributed by atoms with van der Waals surface area (Å²) in [5.74, 6) is 0.00832. The lowest BCUT2D eigenvalue weighted by Crippen LogP contribution is -2.31. The number of hydrogen-bond donors (Lipinski definition) is 1. The highest BCUT2D eigenvalue weighted by atomic mass is 35.5. The Balaban J connectivity index is 1.89. The fourth-order valence-electron chi connectivity index (χ4n) is 3.40. The van der Waals surface area contributed by atoms with Crippen LogP contribution in [0.1, 0.15) is 37.4 Å².